The fraction of sp³-hybridized carbons (Fsp3) is 0.533. The van der Waals surface area contributed by atoms with Crippen molar-refractivity contribution in [2.24, 2.45) is 5.73 Å². The van der Waals surface area contributed by atoms with Crippen molar-refractivity contribution in [1.82, 2.24) is 9.80 Å². The highest BCUT2D eigenvalue weighted by Crippen LogP contribution is 2.28. The number of nitrogens with two attached hydrogens (primary N) is 1. The van der Waals surface area contributed by atoms with E-state index in [1.165, 1.54) is 6.07 Å². The number of nitro groups is 1. The highest BCUT2D eigenvalue weighted by molar-refractivity contribution is 7.99. The molecular formula is C15H22N4O3S. The van der Waals surface area contributed by atoms with Gasteiger partial charge in [0, 0.05) is 48.1 Å². The smallest absolute Gasteiger partial charge is 0.274 e. The van der Waals surface area contributed by atoms with Crippen LogP contribution in [0.5, 0.6) is 0 Å². The molecule has 1 saturated heterocycles. The van der Waals surface area contributed by atoms with Crippen LogP contribution in [0.15, 0.2) is 18.2 Å². The zero-order chi connectivity index (χ0) is 17.1. The molecule has 1 heterocycles. The molecule has 1 aliphatic rings. The number of likely N-dealkylation sites (N-methyl/N-ethyl adjacent to an activating group) is 1. The number of carbonyl (C=O) groups excluding carboxylic acids is 1. The molecular weight excluding hydrogens is 316 g/mol. The molecule has 0 radical (unpaired) electrons. The van der Waals surface area contributed by atoms with Gasteiger partial charge in [0.05, 0.1) is 4.92 Å². The summed E-state index contributed by atoms with van der Waals surface area (Å²) in [5.74, 6) is -0.657. The van der Waals surface area contributed by atoms with Crippen LogP contribution in [0.4, 0.5) is 5.69 Å². The van der Waals surface area contributed by atoms with Crippen molar-refractivity contribution in [3.05, 3.63) is 39.4 Å². The molecule has 0 spiro atoms. The summed E-state index contributed by atoms with van der Waals surface area (Å²) in [5.41, 5.74) is 5.93. The summed E-state index contributed by atoms with van der Waals surface area (Å²) in [4.78, 5) is 26.5. The molecule has 0 aliphatic carbocycles. The Morgan fingerprint density at radius 3 is 2.65 bits per heavy atom. The monoisotopic (exact) mass is 338 g/mol. The van der Waals surface area contributed by atoms with Gasteiger partial charge in [-0.1, -0.05) is 6.07 Å². The van der Waals surface area contributed by atoms with E-state index in [0.717, 1.165) is 13.1 Å². The van der Waals surface area contributed by atoms with Gasteiger partial charge in [-0.15, -0.1) is 0 Å². The summed E-state index contributed by atoms with van der Waals surface area (Å²) in [5, 5.41) is 11.8. The van der Waals surface area contributed by atoms with E-state index in [-0.39, 0.29) is 11.3 Å². The van der Waals surface area contributed by atoms with Gasteiger partial charge in [0.1, 0.15) is 0 Å². The lowest BCUT2D eigenvalue weighted by Crippen LogP contribution is -2.36. The Morgan fingerprint density at radius 2 is 2.17 bits per heavy atom. The number of hydrogen-bond acceptors (Lipinski definition) is 6. The van der Waals surface area contributed by atoms with Gasteiger partial charge in [0.2, 0.25) is 5.91 Å². The number of nitro benzene ring substituents is 1. The zero-order valence-electron chi connectivity index (χ0n) is 13.6. The van der Waals surface area contributed by atoms with Crippen molar-refractivity contribution < 1.29 is 9.72 Å². The number of thioether (sulfide) groups is 1. The van der Waals surface area contributed by atoms with Gasteiger partial charge < -0.3 is 10.6 Å². The van der Waals surface area contributed by atoms with Gasteiger partial charge >= 0.3 is 0 Å². The summed E-state index contributed by atoms with van der Waals surface area (Å²) in [6, 6.07) is 4.88. The molecule has 1 amide bonds. The number of nitrogens with zero attached hydrogens (tertiary/aromatic N) is 3. The fourth-order valence-electron chi connectivity index (χ4n) is 2.95. The second-order valence-corrected chi connectivity index (χ2v) is 7.04. The van der Waals surface area contributed by atoms with E-state index in [4.69, 9.17) is 5.73 Å². The van der Waals surface area contributed by atoms with Crippen molar-refractivity contribution in [1.29, 1.82) is 0 Å². The third-order valence-electron chi connectivity index (χ3n) is 4.24. The van der Waals surface area contributed by atoms with E-state index in [1.54, 1.807) is 12.1 Å². The summed E-state index contributed by atoms with van der Waals surface area (Å²) in [6.07, 6.45) is 2.09. The number of rotatable bonds is 6. The first-order chi connectivity index (χ1) is 10.8. The minimum atomic E-state index is -0.657. The molecule has 1 aromatic carbocycles. The lowest BCUT2D eigenvalue weighted by atomic mass is 10.1. The van der Waals surface area contributed by atoms with Crippen LogP contribution in [0.1, 0.15) is 15.9 Å². The van der Waals surface area contributed by atoms with Crippen LogP contribution in [-0.2, 0) is 6.54 Å². The Labute approximate surface area is 140 Å². The standard InChI is InChI=1S/C15H22N4O3S/c1-17(2)13-8-18(9-14(13)23-3)7-11-5-4-10(15(16)20)6-12(11)19(21)22/h4-6,13-14H,7-9H2,1-3H3,(H2,16,20)/t13-,14+/m0/s1. The lowest BCUT2D eigenvalue weighted by molar-refractivity contribution is -0.385. The number of primary amides is 1. The molecule has 126 valence electrons. The molecule has 23 heavy (non-hydrogen) atoms. The van der Waals surface area contributed by atoms with E-state index in [9.17, 15) is 14.9 Å². The Bertz CT molecular complexity index is 608. The van der Waals surface area contributed by atoms with Gasteiger partial charge in [0.15, 0.2) is 0 Å². The Kier molecular flexibility index (Phi) is 5.61. The average molecular weight is 338 g/mol. The maximum atomic E-state index is 11.3. The number of amides is 1. The molecule has 0 aromatic heterocycles. The molecule has 2 N–H and O–H groups in total. The van der Waals surface area contributed by atoms with Gasteiger partial charge in [-0.25, -0.2) is 0 Å². The largest absolute Gasteiger partial charge is 0.366 e. The van der Waals surface area contributed by atoms with Crippen LogP contribution in [-0.4, -0.2) is 65.4 Å². The van der Waals surface area contributed by atoms with E-state index in [2.05, 4.69) is 30.2 Å². The number of carbonyl (C=O) groups is 1. The summed E-state index contributed by atoms with van der Waals surface area (Å²) < 4.78 is 0. The molecule has 0 bridgehead atoms. The summed E-state index contributed by atoms with van der Waals surface area (Å²) >= 11 is 1.82. The molecule has 1 fully saturated rings. The van der Waals surface area contributed by atoms with Crippen molar-refractivity contribution in [2.75, 3.05) is 33.4 Å². The Balaban J connectivity index is 2.20. The Morgan fingerprint density at radius 1 is 1.48 bits per heavy atom. The number of hydrogen-bond donors (Lipinski definition) is 1. The molecule has 8 heteroatoms. The van der Waals surface area contributed by atoms with Crippen LogP contribution in [0.25, 0.3) is 0 Å². The van der Waals surface area contributed by atoms with Crippen LogP contribution < -0.4 is 5.73 Å². The fourth-order valence-corrected chi connectivity index (χ4v) is 3.95. The van der Waals surface area contributed by atoms with E-state index < -0.39 is 10.8 Å². The normalized spacial score (nSPS) is 21.7. The minimum absolute atomic E-state index is 0.0460. The first kappa shape index (κ1) is 17.7. The SMILES string of the molecule is CS[C@@H]1CN(Cc2ccc(C(N)=O)cc2[N+](=O)[O-])C[C@@H]1N(C)C. The van der Waals surface area contributed by atoms with Gasteiger partial charge in [-0.2, -0.15) is 11.8 Å². The molecule has 7 nitrogen and oxygen atoms in total. The zero-order valence-corrected chi connectivity index (χ0v) is 14.4. The maximum absolute atomic E-state index is 11.3. The van der Waals surface area contributed by atoms with Crippen LogP contribution >= 0.6 is 11.8 Å². The van der Waals surface area contributed by atoms with Crippen LogP contribution in [0.2, 0.25) is 0 Å². The third-order valence-corrected chi connectivity index (χ3v) is 5.31. The van der Waals surface area contributed by atoms with Crippen molar-refractivity contribution in [3.8, 4) is 0 Å². The lowest BCUT2D eigenvalue weighted by Gasteiger charge is -2.23. The quantitative estimate of drug-likeness (QED) is 0.618. The number of benzene rings is 1. The minimum Gasteiger partial charge on any atom is -0.366 e. The topological polar surface area (TPSA) is 92.7 Å². The van der Waals surface area contributed by atoms with Crippen molar-refractivity contribution in [2.45, 2.75) is 17.8 Å². The predicted octanol–water partition coefficient (Wildman–Crippen LogP) is 1.17. The van der Waals surface area contributed by atoms with Crippen molar-refractivity contribution in [3.63, 3.8) is 0 Å². The Hall–Kier alpha value is -1.64. The van der Waals surface area contributed by atoms with E-state index >= 15 is 0 Å². The molecule has 1 aromatic rings. The first-order valence-corrected chi connectivity index (χ1v) is 8.61. The van der Waals surface area contributed by atoms with Gasteiger partial charge in [0.25, 0.3) is 5.69 Å². The number of likely N-dealkylation sites (tertiary alicyclic amines) is 1. The molecule has 1 aliphatic heterocycles. The van der Waals surface area contributed by atoms with Gasteiger partial charge in [-0.3, -0.25) is 19.8 Å². The third kappa shape index (κ3) is 4.01. The van der Waals surface area contributed by atoms with E-state index in [0.29, 0.717) is 23.4 Å². The maximum Gasteiger partial charge on any atom is 0.274 e. The van der Waals surface area contributed by atoms with Crippen molar-refractivity contribution >= 4 is 23.4 Å². The van der Waals surface area contributed by atoms with Crippen LogP contribution in [0, 0.1) is 10.1 Å². The predicted molar refractivity (Wildman–Crippen MR) is 91.7 cm³/mol. The highest BCUT2D eigenvalue weighted by atomic mass is 32.2. The highest BCUT2D eigenvalue weighted by Gasteiger charge is 2.34. The molecule has 0 unspecified atom stereocenters. The second kappa shape index (κ2) is 7.29. The first-order valence-electron chi connectivity index (χ1n) is 7.32. The molecule has 2 rings (SSSR count). The molecule has 0 saturated carbocycles. The van der Waals surface area contributed by atoms with Crippen LogP contribution in [0.3, 0.4) is 0 Å². The summed E-state index contributed by atoms with van der Waals surface area (Å²) in [6.45, 7) is 2.25. The average Bonchev–Trinajstić information content (AvgIpc) is 2.90. The molecule has 2 atom stereocenters. The second-order valence-electron chi connectivity index (χ2n) is 5.96. The van der Waals surface area contributed by atoms with E-state index in [1.807, 2.05) is 11.8 Å². The van der Waals surface area contributed by atoms with Gasteiger partial charge in [-0.05, 0) is 26.4 Å². The summed E-state index contributed by atoms with van der Waals surface area (Å²) in [7, 11) is 4.11.